The molecule has 2 N–H and O–H groups in total. The van der Waals surface area contributed by atoms with Crippen molar-refractivity contribution in [2.45, 2.75) is 6.54 Å². The van der Waals surface area contributed by atoms with Gasteiger partial charge in [0, 0.05) is 30.8 Å². The molecule has 4 rings (SSSR count). The number of anilines is 1. The van der Waals surface area contributed by atoms with Gasteiger partial charge in [-0.1, -0.05) is 18.2 Å². The number of aromatic nitrogens is 2. The molecule has 0 spiro atoms. The van der Waals surface area contributed by atoms with Gasteiger partial charge in [-0.25, -0.2) is 4.98 Å². The van der Waals surface area contributed by atoms with Crippen LogP contribution in [0.4, 0.5) is 5.82 Å². The number of amides is 1. The van der Waals surface area contributed by atoms with Crippen LogP contribution in [0.5, 0.6) is 11.5 Å². The zero-order valence-corrected chi connectivity index (χ0v) is 17.6. The van der Waals surface area contributed by atoms with Gasteiger partial charge in [-0.15, -0.1) is 0 Å². The molecular weight excluding hydrogens is 394 g/mol. The van der Waals surface area contributed by atoms with Crippen LogP contribution in [0.3, 0.4) is 0 Å². The van der Waals surface area contributed by atoms with Gasteiger partial charge in [-0.05, 0) is 43.9 Å². The number of likely N-dealkylation sites (N-methyl/N-ethyl adjacent to an activating group) is 1. The molecule has 0 bridgehead atoms. The van der Waals surface area contributed by atoms with Crippen LogP contribution in [0.1, 0.15) is 15.9 Å². The first-order valence-electron chi connectivity index (χ1n) is 10.1. The van der Waals surface area contributed by atoms with Crippen molar-refractivity contribution in [3.05, 3.63) is 66.0 Å². The molecule has 0 saturated heterocycles. The van der Waals surface area contributed by atoms with Gasteiger partial charge in [0.1, 0.15) is 5.82 Å². The molecule has 1 amide bonds. The summed E-state index contributed by atoms with van der Waals surface area (Å²) in [5.74, 6) is 2.06. The fourth-order valence-electron chi connectivity index (χ4n) is 3.15. The van der Waals surface area contributed by atoms with Gasteiger partial charge in [0.25, 0.3) is 5.91 Å². The van der Waals surface area contributed by atoms with Crippen LogP contribution in [0, 0.1) is 0 Å². The average molecular weight is 419 g/mol. The Morgan fingerprint density at radius 2 is 1.97 bits per heavy atom. The maximum absolute atomic E-state index is 12.4. The van der Waals surface area contributed by atoms with E-state index in [4.69, 9.17) is 9.47 Å². The first kappa shape index (κ1) is 20.6. The normalized spacial score (nSPS) is 12.1. The second-order valence-electron chi connectivity index (χ2n) is 7.47. The standard InChI is InChI=1S/C23H25N5O3/c1-28(2)9-8-25-23(29)18-5-3-4-17(11-18)19-13-24-14-22(27-19)26-12-16-6-7-20-21(10-16)31-15-30-20/h3-7,10-11,13-14H,8-9,12,15H2,1-2H3,(H,25,29)(H,26,27). The van der Waals surface area contributed by atoms with E-state index in [1.807, 2.05) is 55.4 Å². The van der Waals surface area contributed by atoms with Crippen LogP contribution in [0.15, 0.2) is 54.9 Å². The van der Waals surface area contributed by atoms with Crippen LogP contribution in [-0.2, 0) is 6.54 Å². The Labute approximate surface area is 181 Å². The van der Waals surface area contributed by atoms with E-state index in [0.29, 0.717) is 30.2 Å². The van der Waals surface area contributed by atoms with Gasteiger partial charge >= 0.3 is 0 Å². The molecule has 0 saturated carbocycles. The average Bonchev–Trinajstić information content (AvgIpc) is 3.25. The summed E-state index contributed by atoms with van der Waals surface area (Å²) in [6, 6.07) is 13.2. The van der Waals surface area contributed by atoms with Crippen molar-refractivity contribution >= 4 is 11.7 Å². The fraction of sp³-hybridized carbons (Fsp3) is 0.261. The van der Waals surface area contributed by atoms with Crippen LogP contribution in [0.25, 0.3) is 11.3 Å². The summed E-state index contributed by atoms with van der Waals surface area (Å²) >= 11 is 0. The molecule has 0 atom stereocenters. The van der Waals surface area contributed by atoms with E-state index < -0.39 is 0 Å². The molecule has 1 aromatic heterocycles. The summed E-state index contributed by atoms with van der Waals surface area (Å²) in [6.07, 6.45) is 3.36. The van der Waals surface area contributed by atoms with E-state index in [-0.39, 0.29) is 12.7 Å². The van der Waals surface area contributed by atoms with E-state index in [0.717, 1.165) is 29.2 Å². The Balaban J connectivity index is 1.42. The van der Waals surface area contributed by atoms with Gasteiger partial charge in [-0.3, -0.25) is 9.78 Å². The minimum atomic E-state index is -0.103. The number of hydrogen-bond donors (Lipinski definition) is 2. The molecule has 160 valence electrons. The van der Waals surface area contributed by atoms with Crippen LogP contribution in [0.2, 0.25) is 0 Å². The lowest BCUT2D eigenvalue weighted by atomic mass is 10.1. The molecule has 3 aromatic rings. The zero-order chi connectivity index (χ0) is 21.6. The molecule has 31 heavy (non-hydrogen) atoms. The Bertz CT molecular complexity index is 1070. The van der Waals surface area contributed by atoms with Crippen molar-refractivity contribution in [3.63, 3.8) is 0 Å². The number of nitrogens with zero attached hydrogens (tertiary/aromatic N) is 3. The number of hydrogen-bond acceptors (Lipinski definition) is 7. The first-order chi connectivity index (χ1) is 15.1. The highest BCUT2D eigenvalue weighted by atomic mass is 16.7. The molecule has 0 radical (unpaired) electrons. The van der Waals surface area contributed by atoms with E-state index in [1.54, 1.807) is 18.5 Å². The smallest absolute Gasteiger partial charge is 0.251 e. The second-order valence-corrected chi connectivity index (χ2v) is 7.47. The summed E-state index contributed by atoms with van der Waals surface area (Å²) in [7, 11) is 3.94. The molecule has 2 aromatic carbocycles. The summed E-state index contributed by atoms with van der Waals surface area (Å²) < 4.78 is 10.8. The Morgan fingerprint density at radius 1 is 1.10 bits per heavy atom. The third-order valence-corrected chi connectivity index (χ3v) is 4.81. The van der Waals surface area contributed by atoms with Crippen LogP contribution < -0.4 is 20.1 Å². The number of nitrogens with one attached hydrogen (secondary N) is 2. The summed E-state index contributed by atoms with van der Waals surface area (Å²) in [5.41, 5.74) is 3.17. The maximum Gasteiger partial charge on any atom is 0.251 e. The van der Waals surface area contributed by atoms with E-state index >= 15 is 0 Å². The van der Waals surface area contributed by atoms with Crippen molar-refractivity contribution in [1.82, 2.24) is 20.2 Å². The maximum atomic E-state index is 12.4. The minimum absolute atomic E-state index is 0.103. The van der Waals surface area contributed by atoms with Crippen molar-refractivity contribution < 1.29 is 14.3 Å². The molecule has 2 heterocycles. The Kier molecular flexibility index (Phi) is 6.28. The summed E-state index contributed by atoms with van der Waals surface area (Å²) in [6.45, 7) is 2.21. The van der Waals surface area contributed by atoms with Crippen LogP contribution >= 0.6 is 0 Å². The Hall–Kier alpha value is -3.65. The topological polar surface area (TPSA) is 88.6 Å². The summed E-state index contributed by atoms with van der Waals surface area (Å²) in [5, 5.41) is 6.21. The zero-order valence-electron chi connectivity index (χ0n) is 17.6. The largest absolute Gasteiger partial charge is 0.454 e. The summed E-state index contributed by atoms with van der Waals surface area (Å²) in [4.78, 5) is 23.4. The van der Waals surface area contributed by atoms with Gasteiger partial charge < -0.3 is 25.0 Å². The number of rotatable bonds is 8. The van der Waals surface area contributed by atoms with Gasteiger partial charge in [0.05, 0.1) is 18.1 Å². The first-order valence-corrected chi connectivity index (χ1v) is 10.1. The molecule has 8 nitrogen and oxygen atoms in total. The molecule has 1 aliphatic heterocycles. The van der Waals surface area contributed by atoms with Crippen molar-refractivity contribution in [1.29, 1.82) is 0 Å². The molecule has 8 heteroatoms. The monoisotopic (exact) mass is 419 g/mol. The highest BCUT2D eigenvalue weighted by molar-refractivity contribution is 5.95. The molecular formula is C23H25N5O3. The number of benzene rings is 2. The molecule has 0 aliphatic carbocycles. The van der Waals surface area contributed by atoms with E-state index in [9.17, 15) is 4.79 Å². The van der Waals surface area contributed by atoms with E-state index in [1.165, 1.54) is 0 Å². The van der Waals surface area contributed by atoms with Crippen LogP contribution in [-0.4, -0.2) is 54.8 Å². The third kappa shape index (κ3) is 5.29. The number of carbonyl (C=O) groups is 1. The molecule has 1 aliphatic rings. The number of carbonyl (C=O) groups excluding carboxylic acids is 1. The highest BCUT2D eigenvalue weighted by Gasteiger charge is 2.13. The SMILES string of the molecule is CN(C)CCNC(=O)c1cccc(-c2cncc(NCc3ccc4c(c3)OCO4)n2)c1. The van der Waals surface area contributed by atoms with Crippen molar-refractivity contribution in [3.8, 4) is 22.8 Å². The lowest BCUT2D eigenvalue weighted by Crippen LogP contribution is -2.31. The fourth-order valence-corrected chi connectivity index (χ4v) is 3.15. The van der Waals surface area contributed by atoms with Gasteiger partial charge in [0.2, 0.25) is 6.79 Å². The number of ether oxygens (including phenoxy) is 2. The van der Waals surface area contributed by atoms with Crippen molar-refractivity contribution in [2.24, 2.45) is 0 Å². The molecule has 0 unspecified atom stereocenters. The van der Waals surface area contributed by atoms with Crippen molar-refractivity contribution in [2.75, 3.05) is 39.3 Å². The predicted molar refractivity (Wildman–Crippen MR) is 118 cm³/mol. The lowest BCUT2D eigenvalue weighted by molar-refractivity contribution is 0.0951. The Morgan fingerprint density at radius 3 is 2.84 bits per heavy atom. The van der Waals surface area contributed by atoms with Gasteiger partial charge in [-0.2, -0.15) is 0 Å². The molecule has 0 fully saturated rings. The number of fused-ring (bicyclic) bond motifs is 1. The quantitative estimate of drug-likeness (QED) is 0.580. The highest BCUT2D eigenvalue weighted by Crippen LogP contribution is 2.32. The second kappa shape index (κ2) is 9.44. The minimum Gasteiger partial charge on any atom is -0.454 e. The lowest BCUT2D eigenvalue weighted by Gasteiger charge is -2.11. The predicted octanol–water partition coefficient (Wildman–Crippen LogP) is 2.78. The van der Waals surface area contributed by atoms with Gasteiger partial charge in [0.15, 0.2) is 11.5 Å². The third-order valence-electron chi connectivity index (χ3n) is 4.81. The van der Waals surface area contributed by atoms with E-state index in [2.05, 4.69) is 20.6 Å².